The number of hydrogen-bond donors (Lipinski definition) is 0. The molecule has 7 aromatic rings. The molecule has 0 aromatic heterocycles. The van der Waals surface area contributed by atoms with Crippen LogP contribution in [0.25, 0.3) is 21.5 Å². The molecule has 7 aromatic carbocycles. The Bertz CT molecular complexity index is 3370. The van der Waals surface area contributed by atoms with E-state index in [9.17, 15) is 0 Å². The summed E-state index contributed by atoms with van der Waals surface area (Å²) >= 11 is 0. The van der Waals surface area contributed by atoms with Crippen LogP contribution in [0, 0.1) is 0 Å². The molecule has 0 radical (unpaired) electrons. The predicted octanol–water partition coefficient (Wildman–Crippen LogP) is 27.1. The second-order valence-corrected chi connectivity index (χ2v) is 56.1. The van der Waals surface area contributed by atoms with Crippen LogP contribution in [-0.4, -0.2) is 32.3 Å². The first-order valence-corrected chi connectivity index (χ1v) is 50.2. The minimum Gasteiger partial charge on any atom is -0.309 e. The third-order valence-electron chi connectivity index (χ3n) is 26.4. The summed E-state index contributed by atoms with van der Waals surface area (Å²) in [7, 11) is -7.85. The Kier molecular flexibility index (Phi) is 23.7. The smallest absolute Gasteiger partial charge is 0.0860 e. The van der Waals surface area contributed by atoms with Gasteiger partial charge in [-0.1, -0.05) is 347 Å². The monoisotopic (exact) mass is 1360 g/mol. The summed E-state index contributed by atoms with van der Waals surface area (Å²) < 4.78 is 0. The lowest BCUT2D eigenvalue weighted by molar-refractivity contribution is 0.444. The molecule has 2 fully saturated rings. The fraction of sp³-hybridized carbons (Fsp3) is 0.578. The first-order valence-electron chi connectivity index (χ1n) is 39.7. The Balaban J connectivity index is 1.64. The van der Waals surface area contributed by atoms with Crippen molar-refractivity contribution in [3.05, 3.63) is 143 Å². The average Bonchev–Trinajstić information content (AvgIpc) is 0.705. The number of hydrogen-bond acceptors (Lipinski definition) is 2. The van der Waals surface area contributed by atoms with E-state index in [1.807, 2.05) is 0 Å². The van der Waals surface area contributed by atoms with Crippen LogP contribution in [0.5, 0.6) is 0 Å². The van der Waals surface area contributed by atoms with E-state index in [2.05, 4.69) is 285 Å². The summed E-state index contributed by atoms with van der Waals surface area (Å²) in [5, 5.41) is 12.3. The Morgan fingerprint density at radius 2 is 0.500 bits per heavy atom. The molecule has 9 rings (SSSR count). The molecule has 0 heterocycles. The topological polar surface area (TPSA) is 6.48 Å². The number of nitrogens with zero attached hydrogens (tertiary/aromatic N) is 2. The highest BCUT2D eigenvalue weighted by Gasteiger charge is 2.40. The normalized spacial score (nSPS) is 15.5. The van der Waals surface area contributed by atoms with E-state index < -0.39 is 32.3 Å². The van der Waals surface area contributed by atoms with Crippen molar-refractivity contribution in [3.63, 3.8) is 0 Å². The van der Waals surface area contributed by atoms with Crippen molar-refractivity contribution in [3.8, 4) is 0 Å². The molecular formula is C90H136N2Si4. The van der Waals surface area contributed by atoms with Gasteiger partial charge in [0.15, 0.2) is 0 Å². The van der Waals surface area contributed by atoms with E-state index in [4.69, 9.17) is 0 Å². The molecule has 0 aliphatic heterocycles. The average molecular weight is 1360 g/mol. The predicted molar refractivity (Wildman–Crippen MR) is 445 cm³/mol. The van der Waals surface area contributed by atoms with Crippen molar-refractivity contribution in [2.45, 2.75) is 336 Å². The van der Waals surface area contributed by atoms with E-state index in [1.54, 1.807) is 20.7 Å². The lowest BCUT2D eigenvalue weighted by Crippen LogP contribution is -2.52. The Morgan fingerprint density at radius 3 is 0.719 bits per heavy atom. The summed E-state index contributed by atoms with van der Waals surface area (Å²) in [6.45, 7) is 60.0. The Hall–Kier alpha value is -4.47. The number of benzene rings is 7. The third kappa shape index (κ3) is 14.8. The third-order valence-corrected chi connectivity index (χ3v) is 48.7. The van der Waals surface area contributed by atoms with Crippen molar-refractivity contribution in [1.29, 1.82) is 0 Å². The van der Waals surface area contributed by atoms with Gasteiger partial charge in [0.25, 0.3) is 0 Å². The summed E-state index contributed by atoms with van der Waals surface area (Å²) in [6, 6.07) is 64.1. The van der Waals surface area contributed by atoms with Crippen LogP contribution in [-0.2, 0) is 21.7 Å². The van der Waals surface area contributed by atoms with Crippen molar-refractivity contribution < 1.29 is 0 Å². The van der Waals surface area contributed by atoms with Gasteiger partial charge in [0.2, 0.25) is 0 Å². The standard InChI is InChI=1S/C90H136N2Si4/c1-25-93(26-2,27-3)77-59-75(60-78(63-77)94(28-4,29-5)30-6)91(73-55-69(87(13,14)15)53-70(56-73)88(16,17)18)85-81-49-47-68(66-45-41-38-42-46-66)52-84(81)86(82-50-48-67(51-83(82)85)65-43-39-37-40-44-65)92(74-57-71(89(19,20)21)54-72(58-74)90(22,23)24)76-61-79(95(31-7,32-8)33-9)64-80(62-76)96(34-10,35-11)36-12/h47-66H,25-46H2,1-24H3. The van der Waals surface area contributed by atoms with Gasteiger partial charge >= 0.3 is 0 Å². The maximum absolute atomic E-state index is 2.94. The van der Waals surface area contributed by atoms with Crippen molar-refractivity contribution in [2.75, 3.05) is 9.80 Å². The molecular weight excluding hydrogens is 1220 g/mol. The van der Waals surface area contributed by atoms with Gasteiger partial charge in [-0.3, -0.25) is 0 Å². The van der Waals surface area contributed by atoms with Gasteiger partial charge in [0.05, 0.1) is 43.7 Å². The van der Waals surface area contributed by atoms with Crippen LogP contribution in [0.1, 0.15) is 276 Å². The van der Waals surface area contributed by atoms with Crippen LogP contribution in [0.4, 0.5) is 34.1 Å². The van der Waals surface area contributed by atoms with Crippen molar-refractivity contribution >= 4 is 109 Å². The van der Waals surface area contributed by atoms with Crippen molar-refractivity contribution in [1.82, 2.24) is 0 Å². The zero-order valence-electron chi connectivity index (χ0n) is 66.0. The molecule has 2 nitrogen and oxygen atoms in total. The SMILES string of the molecule is CC[Si](CC)(CC)c1cc(N(c2cc(C(C)(C)C)cc(C(C)(C)C)c2)c2c3ccc(C4CCCCC4)cc3c(N(c3cc(C(C)(C)C)cc(C(C)(C)C)c3)c3cc([Si](CC)(CC)CC)cc([Si](CC)(CC)CC)c3)c3ccc(C4CCCCC4)cc23)cc([Si](CC)(CC)CC)c1. The molecule has 0 spiro atoms. The van der Waals surface area contributed by atoms with Crippen LogP contribution < -0.4 is 30.5 Å². The van der Waals surface area contributed by atoms with E-state index in [1.165, 1.54) is 226 Å². The molecule has 0 atom stereocenters. The van der Waals surface area contributed by atoms with Gasteiger partial charge in [0, 0.05) is 44.3 Å². The largest absolute Gasteiger partial charge is 0.309 e. The Morgan fingerprint density at radius 1 is 0.271 bits per heavy atom. The van der Waals surface area contributed by atoms with E-state index >= 15 is 0 Å². The highest BCUT2D eigenvalue weighted by Crippen LogP contribution is 2.55. The van der Waals surface area contributed by atoms with Gasteiger partial charge in [-0.2, -0.15) is 0 Å². The fourth-order valence-electron chi connectivity index (χ4n) is 18.3. The quantitative estimate of drug-likeness (QED) is 0.0338. The molecule has 0 unspecified atom stereocenters. The maximum atomic E-state index is 2.94. The lowest BCUT2D eigenvalue weighted by atomic mass is 9.79. The minimum absolute atomic E-state index is 0.0853. The molecule has 522 valence electrons. The first-order chi connectivity index (χ1) is 45.4. The van der Waals surface area contributed by atoms with Gasteiger partial charge in [0.1, 0.15) is 0 Å². The molecule has 2 aliphatic rings. The van der Waals surface area contributed by atoms with E-state index in [0.717, 1.165) is 0 Å². The second kappa shape index (κ2) is 30.0. The zero-order valence-corrected chi connectivity index (χ0v) is 70.0. The molecule has 0 saturated heterocycles. The van der Waals surface area contributed by atoms with E-state index in [-0.39, 0.29) is 21.7 Å². The lowest BCUT2D eigenvalue weighted by Gasteiger charge is -2.39. The van der Waals surface area contributed by atoms with Gasteiger partial charge < -0.3 is 9.80 Å². The van der Waals surface area contributed by atoms with E-state index in [0.29, 0.717) is 11.8 Å². The van der Waals surface area contributed by atoms with Gasteiger partial charge in [-0.25, -0.2) is 0 Å². The minimum atomic E-state index is -1.96. The number of anilines is 6. The zero-order chi connectivity index (χ0) is 70.1. The highest BCUT2D eigenvalue weighted by molar-refractivity contribution is 6.95. The van der Waals surface area contributed by atoms with Crippen LogP contribution >= 0.6 is 0 Å². The molecule has 6 heteroatoms. The summed E-state index contributed by atoms with van der Waals surface area (Å²) in [5.41, 5.74) is 16.5. The molecule has 0 N–H and O–H groups in total. The van der Waals surface area contributed by atoms with Crippen molar-refractivity contribution in [2.24, 2.45) is 0 Å². The number of fused-ring (bicyclic) bond motifs is 2. The van der Waals surface area contributed by atoms with Crippen LogP contribution in [0.2, 0.25) is 72.5 Å². The van der Waals surface area contributed by atoms with Gasteiger partial charge in [-0.15, -0.1) is 0 Å². The van der Waals surface area contributed by atoms with Crippen LogP contribution in [0.15, 0.2) is 109 Å². The summed E-state index contributed by atoms with van der Waals surface area (Å²) in [5.74, 6) is 1.05. The second-order valence-electron chi connectivity index (χ2n) is 35.1. The summed E-state index contributed by atoms with van der Waals surface area (Å²) in [6.07, 6.45) is 12.9. The molecule has 96 heavy (non-hydrogen) atoms. The molecule has 2 aliphatic carbocycles. The molecule has 0 bridgehead atoms. The maximum Gasteiger partial charge on any atom is 0.0860 e. The summed E-state index contributed by atoms with van der Waals surface area (Å²) in [4.78, 5) is 5.87. The Labute approximate surface area is 593 Å². The van der Waals surface area contributed by atoms with Gasteiger partial charge in [-0.05, 0) is 153 Å². The van der Waals surface area contributed by atoms with Crippen LogP contribution in [0.3, 0.4) is 0 Å². The molecule has 0 amide bonds. The first kappa shape index (κ1) is 75.7. The fourth-order valence-corrected chi connectivity index (χ4v) is 33.1. The molecule has 2 saturated carbocycles. The number of rotatable bonds is 24. The highest BCUT2D eigenvalue weighted by atomic mass is 28.3.